The van der Waals surface area contributed by atoms with Crippen molar-refractivity contribution in [3.05, 3.63) is 54.0 Å². The van der Waals surface area contributed by atoms with Crippen LogP contribution in [0.1, 0.15) is 25.5 Å². The molecule has 4 rings (SSSR count). The molecule has 1 aromatic heterocycles. The zero-order valence-electron chi connectivity index (χ0n) is 18.9. The van der Waals surface area contributed by atoms with Crippen LogP contribution < -0.4 is 14.8 Å². The molecule has 9 heteroatoms. The minimum Gasteiger partial charge on any atom is -0.495 e. The Hall–Kier alpha value is -2.49. The molecule has 1 aliphatic heterocycles. The topological polar surface area (TPSA) is 72.5 Å². The van der Waals surface area contributed by atoms with E-state index in [1.165, 1.54) is 13.2 Å². The van der Waals surface area contributed by atoms with Crippen molar-refractivity contribution in [2.75, 3.05) is 30.4 Å². The van der Waals surface area contributed by atoms with Gasteiger partial charge in [-0.25, -0.2) is 13.6 Å². The molecule has 176 valence electrons. The Morgan fingerprint density at radius 2 is 2.00 bits per heavy atom. The SMILES string of the molecule is COc1ccc(-c2sc(NC(C)C3CCOCC3)nc2C)cc1S(=O)Nc1ccccc1F. The lowest BCUT2D eigenvalue weighted by molar-refractivity contribution is 0.0622. The van der Waals surface area contributed by atoms with Crippen LogP contribution in [0, 0.1) is 18.7 Å². The first-order valence-corrected chi connectivity index (χ1v) is 12.9. The Balaban J connectivity index is 1.57. The standard InChI is InChI=1S/C24H28FN3O3S2/c1-15(17-10-12-31-13-11-17)26-24-27-16(2)23(32-24)18-8-9-21(30-3)22(14-18)33(29)28-20-7-5-4-6-19(20)25/h4-9,14-15,17,28H,10-13H2,1-3H3,(H,26,27). The lowest BCUT2D eigenvalue weighted by Crippen LogP contribution is -2.30. The monoisotopic (exact) mass is 489 g/mol. The molecule has 0 radical (unpaired) electrons. The number of aryl methyl sites for hydroxylation is 1. The minimum absolute atomic E-state index is 0.172. The zero-order valence-corrected chi connectivity index (χ0v) is 20.5. The number of nitrogens with zero attached hydrogens (tertiary/aromatic N) is 1. The summed E-state index contributed by atoms with van der Waals surface area (Å²) < 4.78 is 40.7. The average molecular weight is 490 g/mol. The van der Waals surface area contributed by atoms with E-state index in [4.69, 9.17) is 14.5 Å². The maximum absolute atomic E-state index is 14.0. The van der Waals surface area contributed by atoms with E-state index in [0.29, 0.717) is 22.6 Å². The number of ether oxygens (including phenoxy) is 2. The van der Waals surface area contributed by atoms with Crippen molar-refractivity contribution in [1.82, 2.24) is 4.98 Å². The third-order valence-electron chi connectivity index (χ3n) is 5.82. The van der Waals surface area contributed by atoms with Crippen LogP contribution in [0.2, 0.25) is 0 Å². The van der Waals surface area contributed by atoms with Crippen LogP contribution in [0.5, 0.6) is 5.75 Å². The molecule has 2 atom stereocenters. The van der Waals surface area contributed by atoms with E-state index < -0.39 is 16.8 Å². The summed E-state index contributed by atoms with van der Waals surface area (Å²) in [5.41, 5.74) is 1.95. The highest BCUT2D eigenvalue weighted by molar-refractivity contribution is 7.86. The van der Waals surface area contributed by atoms with E-state index in [0.717, 1.165) is 47.3 Å². The van der Waals surface area contributed by atoms with Crippen molar-refractivity contribution < 1.29 is 18.1 Å². The van der Waals surface area contributed by atoms with E-state index in [1.54, 1.807) is 35.6 Å². The number of rotatable bonds is 8. The van der Waals surface area contributed by atoms with Gasteiger partial charge in [0.1, 0.15) is 16.5 Å². The molecule has 6 nitrogen and oxygen atoms in total. The van der Waals surface area contributed by atoms with Gasteiger partial charge in [-0.15, -0.1) is 0 Å². The molecular formula is C24H28FN3O3S2. The first-order valence-electron chi connectivity index (χ1n) is 10.9. The van der Waals surface area contributed by atoms with Gasteiger partial charge in [-0.1, -0.05) is 23.5 Å². The predicted molar refractivity (Wildman–Crippen MR) is 132 cm³/mol. The first kappa shape index (κ1) is 23.7. The van der Waals surface area contributed by atoms with Crippen molar-refractivity contribution in [3.63, 3.8) is 0 Å². The normalized spacial score (nSPS) is 16.2. The van der Waals surface area contributed by atoms with Crippen molar-refractivity contribution >= 4 is 33.1 Å². The molecule has 33 heavy (non-hydrogen) atoms. The Kier molecular flexibility index (Phi) is 7.62. The predicted octanol–water partition coefficient (Wildman–Crippen LogP) is 5.63. The molecule has 0 spiro atoms. The molecule has 1 saturated heterocycles. The number of halogens is 1. The summed E-state index contributed by atoms with van der Waals surface area (Å²) in [4.78, 5) is 6.15. The summed E-state index contributed by atoms with van der Waals surface area (Å²) in [6.07, 6.45) is 2.10. The van der Waals surface area contributed by atoms with Gasteiger partial charge in [-0.3, -0.25) is 4.72 Å². The first-order chi connectivity index (χ1) is 16.0. The van der Waals surface area contributed by atoms with Crippen LogP contribution in [0.15, 0.2) is 47.4 Å². The highest BCUT2D eigenvalue weighted by Crippen LogP contribution is 2.37. The number of anilines is 2. The van der Waals surface area contributed by atoms with Gasteiger partial charge in [0.25, 0.3) is 0 Å². The van der Waals surface area contributed by atoms with E-state index in [9.17, 15) is 8.60 Å². The molecule has 2 aromatic carbocycles. The van der Waals surface area contributed by atoms with Gasteiger partial charge in [-0.2, -0.15) is 0 Å². The lowest BCUT2D eigenvalue weighted by Gasteiger charge is -2.28. The number of benzene rings is 2. The molecule has 3 aromatic rings. The second kappa shape index (κ2) is 10.6. The van der Waals surface area contributed by atoms with Gasteiger partial charge in [0.15, 0.2) is 16.1 Å². The second-order valence-corrected chi connectivity index (χ2v) is 10.2. The van der Waals surface area contributed by atoms with Crippen LogP contribution in [0.25, 0.3) is 10.4 Å². The van der Waals surface area contributed by atoms with Crippen molar-refractivity contribution in [3.8, 4) is 16.2 Å². The fourth-order valence-electron chi connectivity index (χ4n) is 3.92. The van der Waals surface area contributed by atoms with Crippen LogP contribution >= 0.6 is 11.3 Å². The summed E-state index contributed by atoms with van der Waals surface area (Å²) in [6, 6.07) is 12.0. The van der Waals surface area contributed by atoms with Crippen LogP contribution in [0.3, 0.4) is 0 Å². The zero-order chi connectivity index (χ0) is 23.4. The fraction of sp³-hybridized carbons (Fsp3) is 0.375. The molecule has 2 unspecified atom stereocenters. The van der Waals surface area contributed by atoms with Gasteiger partial charge in [-0.05, 0) is 68.5 Å². The maximum atomic E-state index is 14.0. The summed E-state index contributed by atoms with van der Waals surface area (Å²) in [5.74, 6) is 0.564. The number of hydrogen-bond donors (Lipinski definition) is 2. The largest absolute Gasteiger partial charge is 0.495 e. The maximum Gasteiger partial charge on any atom is 0.183 e. The van der Waals surface area contributed by atoms with Crippen LogP contribution in [0.4, 0.5) is 15.2 Å². The number of nitrogens with one attached hydrogen (secondary N) is 2. The highest BCUT2D eigenvalue weighted by Gasteiger charge is 2.22. The number of hydrogen-bond acceptors (Lipinski definition) is 6. The quantitative estimate of drug-likeness (QED) is 0.429. The molecule has 2 N–H and O–H groups in total. The Morgan fingerprint density at radius 3 is 2.73 bits per heavy atom. The molecular weight excluding hydrogens is 461 g/mol. The Labute approximate surface area is 200 Å². The van der Waals surface area contributed by atoms with Gasteiger partial charge in [0.2, 0.25) is 0 Å². The van der Waals surface area contributed by atoms with Gasteiger partial charge >= 0.3 is 0 Å². The van der Waals surface area contributed by atoms with Crippen molar-refractivity contribution in [2.24, 2.45) is 5.92 Å². The number of para-hydroxylation sites is 1. The van der Waals surface area contributed by atoms with Crippen molar-refractivity contribution in [1.29, 1.82) is 0 Å². The smallest absolute Gasteiger partial charge is 0.183 e. The summed E-state index contributed by atoms with van der Waals surface area (Å²) >= 11 is 1.57. The van der Waals surface area contributed by atoms with Gasteiger partial charge in [0.05, 0.1) is 23.4 Å². The van der Waals surface area contributed by atoms with Crippen LogP contribution in [-0.2, 0) is 15.7 Å². The van der Waals surface area contributed by atoms with Crippen molar-refractivity contribution in [2.45, 2.75) is 37.6 Å². The molecule has 0 aliphatic carbocycles. The Morgan fingerprint density at radius 1 is 1.24 bits per heavy atom. The number of aromatic nitrogens is 1. The average Bonchev–Trinajstić information content (AvgIpc) is 3.20. The molecule has 1 fully saturated rings. The van der Waals surface area contributed by atoms with Gasteiger partial charge in [0, 0.05) is 19.3 Å². The third-order valence-corrected chi connectivity index (χ3v) is 8.08. The molecule has 0 amide bonds. The fourth-order valence-corrected chi connectivity index (χ4v) is 6.02. The molecule has 1 aliphatic rings. The van der Waals surface area contributed by atoms with E-state index in [2.05, 4.69) is 17.0 Å². The van der Waals surface area contributed by atoms with Gasteiger partial charge < -0.3 is 14.8 Å². The van der Waals surface area contributed by atoms with Crippen LogP contribution in [-0.4, -0.2) is 35.6 Å². The molecule has 0 bridgehead atoms. The minimum atomic E-state index is -1.71. The third kappa shape index (κ3) is 5.54. The lowest BCUT2D eigenvalue weighted by atomic mass is 9.93. The summed E-state index contributed by atoms with van der Waals surface area (Å²) in [6.45, 7) is 5.78. The van der Waals surface area contributed by atoms with E-state index in [-0.39, 0.29) is 5.69 Å². The second-order valence-electron chi connectivity index (χ2n) is 8.03. The number of methoxy groups -OCH3 is 1. The van der Waals surface area contributed by atoms with E-state index >= 15 is 0 Å². The summed E-state index contributed by atoms with van der Waals surface area (Å²) in [5, 5.41) is 4.42. The Bertz CT molecular complexity index is 1130. The molecule has 0 saturated carbocycles. The molecule has 2 heterocycles. The van der Waals surface area contributed by atoms with E-state index in [1.807, 2.05) is 19.1 Å². The summed E-state index contributed by atoms with van der Waals surface area (Å²) in [7, 11) is -0.186. The number of thiazole rings is 1. The highest BCUT2D eigenvalue weighted by atomic mass is 32.2.